The number of nitrogens with zero attached hydrogens (tertiary/aromatic N) is 1. The lowest BCUT2D eigenvalue weighted by atomic mass is 9.99. The van der Waals surface area contributed by atoms with Crippen LogP contribution in [0, 0.1) is 0 Å². The SMILES string of the molecule is COc1cccc2c1CCN(CC(N)=O)C2. The third kappa shape index (κ3) is 2.17. The maximum Gasteiger partial charge on any atom is 0.231 e. The van der Waals surface area contributed by atoms with Crippen LogP contribution in [0.5, 0.6) is 5.75 Å². The molecule has 0 spiro atoms. The van der Waals surface area contributed by atoms with E-state index in [4.69, 9.17) is 10.5 Å². The van der Waals surface area contributed by atoms with Crippen LogP contribution in [-0.4, -0.2) is 31.0 Å². The molecular weight excluding hydrogens is 204 g/mol. The molecule has 16 heavy (non-hydrogen) atoms. The van der Waals surface area contributed by atoms with Crippen molar-refractivity contribution in [2.45, 2.75) is 13.0 Å². The summed E-state index contributed by atoms with van der Waals surface area (Å²) in [6, 6.07) is 6.03. The molecule has 4 nitrogen and oxygen atoms in total. The second kappa shape index (κ2) is 4.53. The molecule has 0 fully saturated rings. The first kappa shape index (κ1) is 11.0. The molecule has 0 bridgehead atoms. The van der Waals surface area contributed by atoms with Crippen LogP contribution in [0.2, 0.25) is 0 Å². The van der Waals surface area contributed by atoms with Gasteiger partial charge in [0.15, 0.2) is 0 Å². The minimum absolute atomic E-state index is 0.272. The van der Waals surface area contributed by atoms with Gasteiger partial charge in [-0.1, -0.05) is 12.1 Å². The van der Waals surface area contributed by atoms with Gasteiger partial charge in [-0.25, -0.2) is 0 Å². The third-order valence-corrected chi connectivity index (χ3v) is 2.90. The monoisotopic (exact) mass is 220 g/mol. The van der Waals surface area contributed by atoms with Crippen molar-refractivity contribution < 1.29 is 9.53 Å². The van der Waals surface area contributed by atoms with Crippen LogP contribution >= 0.6 is 0 Å². The fraction of sp³-hybridized carbons (Fsp3) is 0.417. The van der Waals surface area contributed by atoms with Gasteiger partial charge in [-0.3, -0.25) is 9.69 Å². The zero-order valence-corrected chi connectivity index (χ0v) is 9.40. The van der Waals surface area contributed by atoms with Crippen LogP contribution in [0.25, 0.3) is 0 Å². The number of primary amides is 1. The Kier molecular flexibility index (Phi) is 3.10. The van der Waals surface area contributed by atoms with Gasteiger partial charge in [-0.05, 0) is 23.6 Å². The Balaban J connectivity index is 2.18. The number of benzene rings is 1. The van der Waals surface area contributed by atoms with Crippen LogP contribution in [0.15, 0.2) is 18.2 Å². The quantitative estimate of drug-likeness (QED) is 0.808. The molecule has 0 atom stereocenters. The molecule has 2 N–H and O–H groups in total. The van der Waals surface area contributed by atoms with E-state index in [1.165, 1.54) is 11.1 Å². The molecule has 86 valence electrons. The van der Waals surface area contributed by atoms with Crippen molar-refractivity contribution >= 4 is 5.91 Å². The number of methoxy groups -OCH3 is 1. The maximum atomic E-state index is 10.9. The highest BCUT2D eigenvalue weighted by molar-refractivity contribution is 5.76. The summed E-state index contributed by atoms with van der Waals surface area (Å²) >= 11 is 0. The zero-order chi connectivity index (χ0) is 11.5. The van der Waals surface area contributed by atoms with Gasteiger partial charge in [0.05, 0.1) is 13.7 Å². The molecule has 0 saturated carbocycles. The first-order chi connectivity index (χ1) is 7.70. The van der Waals surface area contributed by atoms with Gasteiger partial charge in [0, 0.05) is 13.1 Å². The van der Waals surface area contributed by atoms with E-state index in [2.05, 4.69) is 11.0 Å². The van der Waals surface area contributed by atoms with Gasteiger partial charge < -0.3 is 10.5 Å². The zero-order valence-electron chi connectivity index (χ0n) is 9.40. The summed E-state index contributed by atoms with van der Waals surface area (Å²) in [5, 5.41) is 0. The Morgan fingerprint density at radius 2 is 2.38 bits per heavy atom. The number of fused-ring (bicyclic) bond motifs is 1. The van der Waals surface area contributed by atoms with Crippen LogP contribution < -0.4 is 10.5 Å². The Morgan fingerprint density at radius 1 is 1.56 bits per heavy atom. The van der Waals surface area contributed by atoms with Gasteiger partial charge >= 0.3 is 0 Å². The summed E-state index contributed by atoms with van der Waals surface area (Å²) in [7, 11) is 1.69. The average molecular weight is 220 g/mol. The number of hydrogen-bond acceptors (Lipinski definition) is 3. The maximum absolute atomic E-state index is 10.9. The minimum atomic E-state index is -0.272. The molecule has 2 rings (SSSR count). The van der Waals surface area contributed by atoms with E-state index in [1.807, 2.05) is 12.1 Å². The average Bonchev–Trinajstić information content (AvgIpc) is 2.27. The summed E-state index contributed by atoms with van der Waals surface area (Å²) in [5.74, 6) is 0.669. The van der Waals surface area contributed by atoms with Gasteiger partial charge in [0.1, 0.15) is 5.75 Å². The second-order valence-corrected chi connectivity index (χ2v) is 4.02. The number of hydrogen-bond donors (Lipinski definition) is 1. The molecule has 1 heterocycles. The summed E-state index contributed by atoms with van der Waals surface area (Å²) in [6.07, 6.45) is 0.909. The molecule has 1 aliphatic rings. The molecular formula is C12H16N2O2. The third-order valence-electron chi connectivity index (χ3n) is 2.90. The summed E-state index contributed by atoms with van der Waals surface area (Å²) < 4.78 is 5.32. The van der Waals surface area contributed by atoms with Crippen molar-refractivity contribution in [1.82, 2.24) is 4.90 Å². The minimum Gasteiger partial charge on any atom is -0.496 e. The normalized spacial score (nSPS) is 15.6. The molecule has 0 aromatic heterocycles. The first-order valence-electron chi connectivity index (χ1n) is 5.36. The lowest BCUT2D eigenvalue weighted by Crippen LogP contribution is -2.37. The van der Waals surface area contributed by atoms with Crippen LogP contribution in [0.4, 0.5) is 0 Å². The Morgan fingerprint density at radius 3 is 3.06 bits per heavy atom. The summed E-state index contributed by atoms with van der Waals surface area (Å²) in [5.41, 5.74) is 7.68. The van der Waals surface area contributed by atoms with E-state index in [0.717, 1.165) is 25.3 Å². The standard InChI is InChI=1S/C12H16N2O2/c1-16-11-4-2-3-9-7-14(8-12(13)15)6-5-10(9)11/h2-4H,5-8H2,1H3,(H2,13,15). The summed E-state index contributed by atoms with van der Waals surface area (Å²) in [6.45, 7) is 1.96. The second-order valence-electron chi connectivity index (χ2n) is 4.02. The fourth-order valence-electron chi connectivity index (χ4n) is 2.18. The van der Waals surface area contributed by atoms with Crippen molar-refractivity contribution in [2.24, 2.45) is 5.73 Å². The van der Waals surface area contributed by atoms with Gasteiger partial charge in [0.25, 0.3) is 0 Å². The summed E-state index contributed by atoms with van der Waals surface area (Å²) in [4.78, 5) is 12.9. The highest BCUT2D eigenvalue weighted by atomic mass is 16.5. The molecule has 1 aromatic rings. The lowest BCUT2D eigenvalue weighted by Gasteiger charge is -2.28. The van der Waals surface area contributed by atoms with Gasteiger partial charge in [-0.2, -0.15) is 0 Å². The molecule has 1 amide bonds. The number of amides is 1. The molecule has 0 unspecified atom stereocenters. The molecule has 4 heteroatoms. The number of rotatable bonds is 3. The Bertz CT molecular complexity index is 404. The molecule has 0 aliphatic carbocycles. The Hall–Kier alpha value is -1.55. The van der Waals surface area contributed by atoms with Gasteiger partial charge in [-0.15, -0.1) is 0 Å². The number of nitrogens with two attached hydrogens (primary N) is 1. The topological polar surface area (TPSA) is 55.6 Å². The molecule has 0 saturated heterocycles. The molecule has 0 radical (unpaired) electrons. The van der Waals surface area contributed by atoms with E-state index in [1.54, 1.807) is 7.11 Å². The first-order valence-corrected chi connectivity index (χ1v) is 5.36. The van der Waals surface area contributed by atoms with Crippen molar-refractivity contribution in [1.29, 1.82) is 0 Å². The van der Waals surface area contributed by atoms with Crippen LogP contribution in [-0.2, 0) is 17.8 Å². The number of carbonyl (C=O) groups is 1. The molecule has 1 aliphatic heterocycles. The van der Waals surface area contributed by atoms with Crippen LogP contribution in [0.1, 0.15) is 11.1 Å². The van der Waals surface area contributed by atoms with Crippen molar-refractivity contribution in [3.05, 3.63) is 29.3 Å². The van der Waals surface area contributed by atoms with Crippen molar-refractivity contribution in [3.63, 3.8) is 0 Å². The fourth-order valence-corrected chi connectivity index (χ4v) is 2.18. The number of carbonyl (C=O) groups excluding carboxylic acids is 1. The van der Waals surface area contributed by atoms with E-state index in [0.29, 0.717) is 6.54 Å². The number of ether oxygens (including phenoxy) is 1. The van der Waals surface area contributed by atoms with Crippen molar-refractivity contribution in [2.75, 3.05) is 20.2 Å². The van der Waals surface area contributed by atoms with E-state index >= 15 is 0 Å². The van der Waals surface area contributed by atoms with Crippen molar-refractivity contribution in [3.8, 4) is 5.75 Å². The molecule has 1 aromatic carbocycles. The van der Waals surface area contributed by atoms with Crippen LogP contribution in [0.3, 0.4) is 0 Å². The lowest BCUT2D eigenvalue weighted by molar-refractivity contribution is -0.119. The Labute approximate surface area is 95.0 Å². The van der Waals surface area contributed by atoms with E-state index in [-0.39, 0.29) is 5.91 Å². The van der Waals surface area contributed by atoms with E-state index < -0.39 is 0 Å². The highest BCUT2D eigenvalue weighted by Crippen LogP contribution is 2.27. The van der Waals surface area contributed by atoms with Gasteiger partial charge in [0.2, 0.25) is 5.91 Å². The van der Waals surface area contributed by atoms with E-state index in [9.17, 15) is 4.79 Å². The highest BCUT2D eigenvalue weighted by Gasteiger charge is 2.19. The smallest absolute Gasteiger partial charge is 0.231 e. The predicted molar refractivity (Wildman–Crippen MR) is 61.2 cm³/mol. The largest absolute Gasteiger partial charge is 0.496 e. The predicted octanol–water partition coefficient (Wildman–Crippen LogP) is 0.539.